The molecule has 0 unspecified atom stereocenters. The first kappa shape index (κ1) is 5.86. The Morgan fingerprint density at radius 3 is 2.12 bits per heavy atom. The minimum absolute atomic E-state index is 0.910. The summed E-state index contributed by atoms with van der Waals surface area (Å²) in [5, 5.41) is 0. The molecule has 8 heavy (non-hydrogen) atoms. The van der Waals surface area contributed by atoms with Gasteiger partial charge in [-0.1, -0.05) is 0 Å². The maximum absolute atomic E-state index is 4.91. The molecule has 1 aromatic rings. The third-order valence-corrected chi connectivity index (χ3v) is 1.23. The van der Waals surface area contributed by atoms with Gasteiger partial charge in [-0.15, -0.1) is 0 Å². The fourth-order valence-corrected chi connectivity index (χ4v) is 0.701. The SMILES string of the molecule is [Ti][O]c1ccccc1. The third-order valence-electron chi connectivity index (χ3n) is 0.861. The number of benzene rings is 1. The summed E-state index contributed by atoms with van der Waals surface area (Å²) < 4.78 is 4.91. The Morgan fingerprint density at radius 2 is 1.75 bits per heavy atom. The Hall–Kier alpha value is -0.266. The van der Waals surface area contributed by atoms with Gasteiger partial charge in [-0.05, 0) is 0 Å². The van der Waals surface area contributed by atoms with Gasteiger partial charge in [0.1, 0.15) is 0 Å². The van der Waals surface area contributed by atoms with E-state index in [2.05, 4.69) is 0 Å². The van der Waals surface area contributed by atoms with Crippen molar-refractivity contribution in [2.45, 2.75) is 0 Å². The van der Waals surface area contributed by atoms with Crippen molar-refractivity contribution >= 4 is 0 Å². The molecule has 0 bridgehead atoms. The second-order valence-corrected chi connectivity index (χ2v) is 1.73. The van der Waals surface area contributed by atoms with E-state index in [-0.39, 0.29) is 0 Å². The average molecular weight is 141 g/mol. The van der Waals surface area contributed by atoms with Crippen LogP contribution in [0.3, 0.4) is 0 Å². The Kier molecular flexibility index (Phi) is 2.13. The van der Waals surface area contributed by atoms with E-state index >= 15 is 0 Å². The van der Waals surface area contributed by atoms with Gasteiger partial charge in [-0.25, -0.2) is 0 Å². The Balaban J connectivity index is 2.83. The molecule has 0 N–H and O–H groups in total. The molecule has 0 radical (unpaired) electrons. The fraction of sp³-hybridized carbons (Fsp3) is 0. The third kappa shape index (κ3) is 1.36. The quantitative estimate of drug-likeness (QED) is 0.538. The van der Waals surface area contributed by atoms with E-state index in [0.29, 0.717) is 0 Å². The van der Waals surface area contributed by atoms with Crippen molar-refractivity contribution < 1.29 is 24.1 Å². The summed E-state index contributed by atoms with van der Waals surface area (Å²) in [6, 6.07) is 9.68. The van der Waals surface area contributed by atoms with Gasteiger partial charge < -0.3 is 0 Å². The van der Waals surface area contributed by atoms with Crippen LogP contribution in [0.4, 0.5) is 0 Å². The molecule has 0 fully saturated rings. The second-order valence-electron chi connectivity index (χ2n) is 1.42. The molecule has 1 rings (SSSR count). The zero-order valence-corrected chi connectivity index (χ0v) is 5.86. The number of hydrogen-bond acceptors (Lipinski definition) is 1. The standard InChI is InChI=1S/C6H6O.Ti/c7-6-4-2-1-3-5-6;/h1-5,7H;/q;+1/p-1. The van der Waals surface area contributed by atoms with Crippen LogP contribution in [-0.4, -0.2) is 0 Å². The van der Waals surface area contributed by atoms with Crippen LogP contribution in [0.15, 0.2) is 30.3 Å². The Bertz CT molecular complexity index is 150. The van der Waals surface area contributed by atoms with Crippen LogP contribution in [0.25, 0.3) is 0 Å². The summed E-state index contributed by atoms with van der Waals surface area (Å²) in [7, 11) is 0. The molecule has 0 aliphatic rings. The predicted octanol–water partition coefficient (Wildman–Crippen LogP) is 1.53. The van der Waals surface area contributed by atoms with Crippen molar-refractivity contribution in [2.75, 3.05) is 0 Å². The summed E-state index contributed by atoms with van der Waals surface area (Å²) >= 11 is 1.66. The molecule has 0 aliphatic heterocycles. The number of rotatable bonds is 1. The first-order chi connectivity index (χ1) is 3.93. The zero-order valence-electron chi connectivity index (χ0n) is 4.29. The summed E-state index contributed by atoms with van der Waals surface area (Å²) in [4.78, 5) is 0. The van der Waals surface area contributed by atoms with Crippen LogP contribution >= 0.6 is 0 Å². The molecule has 0 atom stereocenters. The fourth-order valence-electron chi connectivity index (χ4n) is 0.489. The van der Waals surface area contributed by atoms with Crippen molar-refractivity contribution in [3.63, 3.8) is 0 Å². The maximum atomic E-state index is 4.91. The Morgan fingerprint density at radius 1 is 1.12 bits per heavy atom. The number of hydrogen-bond donors (Lipinski definition) is 0. The van der Waals surface area contributed by atoms with Crippen molar-refractivity contribution in [1.29, 1.82) is 0 Å². The van der Waals surface area contributed by atoms with Gasteiger partial charge in [0, 0.05) is 0 Å². The van der Waals surface area contributed by atoms with Crippen molar-refractivity contribution in [1.82, 2.24) is 0 Å². The first-order valence-electron chi connectivity index (χ1n) is 2.32. The molecule has 1 aromatic carbocycles. The topological polar surface area (TPSA) is 9.23 Å². The van der Waals surface area contributed by atoms with E-state index in [9.17, 15) is 0 Å². The summed E-state index contributed by atoms with van der Waals surface area (Å²) in [6.45, 7) is 0. The molecule has 0 saturated heterocycles. The molecule has 1 nitrogen and oxygen atoms in total. The normalized spacial score (nSPS) is 8.38. The van der Waals surface area contributed by atoms with Crippen LogP contribution in [0.2, 0.25) is 0 Å². The van der Waals surface area contributed by atoms with Crippen molar-refractivity contribution in [3.05, 3.63) is 30.3 Å². The van der Waals surface area contributed by atoms with Gasteiger partial charge in [0.25, 0.3) is 0 Å². The predicted molar refractivity (Wildman–Crippen MR) is 27.1 cm³/mol. The summed E-state index contributed by atoms with van der Waals surface area (Å²) in [6.07, 6.45) is 0. The van der Waals surface area contributed by atoms with Gasteiger partial charge in [0.05, 0.1) is 0 Å². The molecule has 0 aliphatic carbocycles. The van der Waals surface area contributed by atoms with E-state index in [4.69, 9.17) is 3.32 Å². The van der Waals surface area contributed by atoms with Crippen LogP contribution in [0, 0.1) is 0 Å². The number of para-hydroxylation sites is 1. The average Bonchev–Trinajstić information content (AvgIpc) is 1.90. The molecular formula is C6H5OTi. The monoisotopic (exact) mass is 141 g/mol. The molecule has 0 aromatic heterocycles. The van der Waals surface area contributed by atoms with Gasteiger partial charge in [-0.3, -0.25) is 0 Å². The van der Waals surface area contributed by atoms with E-state index in [1.54, 1.807) is 20.8 Å². The molecule has 39 valence electrons. The van der Waals surface area contributed by atoms with Crippen LogP contribution in [0.1, 0.15) is 0 Å². The molecule has 0 spiro atoms. The molecule has 0 heterocycles. The molecule has 0 saturated carbocycles. The minimum atomic E-state index is 0.910. The summed E-state index contributed by atoms with van der Waals surface area (Å²) in [5.74, 6) is 0.910. The van der Waals surface area contributed by atoms with Gasteiger partial charge in [0.15, 0.2) is 0 Å². The van der Waals surface area contributed by atoms with Crippen LogP contribution < -0.4 is 3.32 Å². The van der Waals surface area contributed by atoms with Crippen LogP contribution in [0.5, 0.6) is 5.75 Å². The Labute approximate surface area is 60.5 Å². The van der Waals surface area contributed by atoms with E-state index in [1.807, 2.05) is 30.3 Å². The van der Waals surface area contributed by atoms with E-state index in [1.165, 1.54) is 0 Å². The van der Waals surface area contributed by atoms with Crippen LogP contribution in [-0.2, 0) is 20.8 Å². The van der Waals surface area contributed by atoms with Gasteiger partial charge in [0.2, 0.25) is 0 Å². The summed E-state index contributed by atoms with van der Waals surface area (Å²) in [5.41, 5.74) is 0. The van der Waals surface area contributed by atoms with Gasteiger partial charge >= 0.3 is 60.2 Å². The zero-order chi connectivity index (χ0) is 5.82. The van der Waals surface area contributed by atoms with Gasteiger partial charge in [-0.2, -0.15) is 0 Å². The van der Waals surface area contributed by atoms with Crippen molar-refractivity contribution in [2.24, 2.45) is 0 Å². The van der Waals surface area contributed by atoms with E-state index < -0.39 is 0 Å². The molecule has 2 heteroatoms. The first-order valence-corrected chi connectivity index (χ1v) is 2.96. The second kappa shape index (κ2) is 2.90. The molecule has 0 amide bonds. The van der Waals surface area contributed by atoms with Crippen molar-refractivity contribution in [3.8, 4) is 5.75 Å². The van der Waals surface area contributed by atoms with E-state index in [0.717, 1.165) is 5.75 Å². The molecular weight excluding hydrogens is 136 g/mol.